The summed E-state index contributed by atoms with van der Waals surface area (Å²) in [4.78, 5) is 47.2. The van der Waals surface area contributed by atoms with E-state index in [4.69, 9.17) is 0 Å². The highest BCUT2D eigenvalue weighted by Gasteiger charge is 2.33. The number of nitrogens with one attached hydrogen (secondary N) is 2. The first-order chi connectivity index (χ1) is 16.2. The summed E-state index contributed by atoms with van der Waals surface area (Å²) in [6.45, 7) is 3.68. The normalized spacial score (nSPS) is 18.5. The van der Waals surface area contributed by atoms with Crippen LogP contribution in [0.3, 0.4) is 0 Å². The molecule has 0 aliphatic carbocycles. The van der Waals surface area contributed by atoms with Gasteiger partial charge in [0.05, 0.1) is 10.9 Å². The van der Waals surface area contributed by atoms with Gasteiger partial charge in [0.15, 0.2) is 5.78 Å². The molecule has 0 saturated heterocycles. The first kappa shape index (κ1) is 25.6. The molecule has 182 valence electrons. The van der Waals surface area contributed by atoms with Gasteiger partial charge in [-0.15, -0.1) is 0 Å². The van der Waals surface area contributed by atoms with Gasteiger partial charge < -0.3 is 5.32 Å². The maximum absolute atomic E-state index is 13.2. The molecular formula is C24H30N4O5S. The Hall–Kier alpha value is -2.98. The number of amides is 1. The fourth-order valence-electron chi connectivity index (χ4n) is 3.89. The fourth-order valence-corrected chi connectivity index (χ4v) is 5.28. The lowest BCUT2D eigenvalue weighted by molar-refractivity contribution is -0.141. The minimum absolute atomic E-state index is 0.0548. The SMILES string of the molecule is CC(C)C(NS(=O)(=O)c1ccccc1)C(=O)CC1CCCc2ccnc(n2)CCNC(=O)C1=O. The summed E-state index contributed by atoms with van der Waals surface area (Å²) in [6.07, 6.45) is 3.30. The number of Topliss-reactive ketones (excluding diaryl/α,β-unsaturated/α-hetero) is 2. The molecule has 1 aromatic carbocycles. The quantitative estimate of drug-likeness (QED) is 0.568. The number of benzene rings is 1. The lowest BCUT2D eigenvalue weighted by Crippen LogP contribution is -2.46. The second-order valence-electron chi connectivity index (χ2n) is 8.75. The first-order valence-corrected chi connectivity index (χ1v) is 12.9. The standard InChI is InChI=1S/C24H30N4O5S/c1-16(2)22(28-34(32,33)19-9-4-3-5-10-19)20(29)15-17-7-6-8-18-11-13-25-21(27-18)12-14-26-24(31)23(17)30/h3-5,9-11,13,16-17,22,28H,6-8,12,14-15H2,1-2H3,(H,26,31). The predicted molar refractivity (Wildman–Crippen MR) is 125 cm³/mol. The van der Waals surface area contributed by atoms with E-state index in [1.807, 2.05) is 6.07 Å². The third-order valence-electron chi connectivity index (χ3n) is 5.77. The molecule has 9 nitrogen and oxygen atoms in total. The van der Waals surface area contributed by atoms with Gasteiger partial charge >= 0.3 is 0 Å². The van der Waals surface area contributed by atoms with Crippen LogP contribution in [0.15, 0.2) is 47.5 Å². The zero-order chi connectivity index (χ0) is 24.7. The Balaban J connectivity index is 1.76. The number of carbonyl (C=O) groups excluding carboxylic acids is 3. The van der Waals surface area contributed by atoms with Crippen molar-refractivity contribution < 1.29 is 22.8 Å². The van der Waals surface area contributed by atoms with Gasteiger partial charge in [0, 0.05) is 37.2 Å². The van der Waals surface area contributed by atoms with Crippen molar-refractivity contribution in [3.8, 4) is 0 Å². The van der Waals surface area contributed by atoms with Crippen molar-refractivity contribution >= 4 is 27.5 Å². The van der Waals surface area contributed by atoms with Crippen LogP contribution in [-0.4, -0.2) is 48.4 Å². The van der Waals surface area contributed by atoms with Crippen molar-refractivity contribution in [2.75, 3.05) is 6.54 Å². The topological polar surface area (TPSA) is 135 Å². The number of rotatable bonds is 7. The molecule has 1 amide bonds. The molecule has 0 fully saturated rings. The van der Waals surface area contributed by atoms with Crippen LogP contribution in [0.4, 0.5) is 0 Å². The third-order valence-corrected chi connectivity index (χ3v) is 7.23. The number of aromatic nitrogens is 2. The Morgan fingerprint density at radius 2 is 1.88 bits per heavy atom. The molecule has 2 N–H and O–H groups in total. The van der Waals surface area contributed by atoms with Crippen LogP contribution in [0.2, 0.25) is 0 Å². The minimum Gasteiger partial charge on any atom is -0.349 e. The second kappa shape index (κ2) is 11.4. The molecule has 2 aromatic rings. The Kier molecular flexibility index (Phi) is 8.62. The average Bonchev–Trinajstić information content (AvgIpc) is 2.81. The van der Waals surface area contributed by atoms with E-state index in [0.717, 1.165) is 5.69 Å². The molecule has 0 saturated carbocycles. The molecule has 0 spiro atoms. The highest BCUT2D eigenvalue weighted by molar-refractivity contribution is 7.89. The number of ketones is 2. The molecule has 1 aliphatic heterocycles. The molecule has 2 bridgehead atoms. The molecule has 3 rings (SSSR count). The Morgan fingerprint density at radius 1 is 1.15 bits per heavy atom. The van der Waals surface area contributed by atoms with Crippen LogP contribution in [0, 0.1) is 11.8 Å². The van der Waals surface area contributed by atoms with Gasteiger partial charge in [-0.2, -0.15) is 0 Å². The third kappa shape index (κ3) is 6.77. The largest absolute Gasteiger partial charge is 0.349 e. The van der Waals surface area contributed by atoms with Crippen molar-refractivity contribution in [3.05, 3.63) is 54.1 Å². The van der Waals surface area contributed by atoms with E-state index >= 15 is 0 Å². The second-order valence-corrected chi connectivity index (χ2v) is 10.5. The molecule has 1 aliphatic rings. The highest BCUT2D eigenvalue weighted by Crippen LogP contribution is 2.20. The van der Waals surface area contributed by atoms with E-state index in [2.05, 4.69) is 20.0 Å². The van der Waals surface area contributed by atoms with Gasteiger partial charge in [-0.3, -0.25) is 14.4 Å². The van der Waals surface area contributed by atoms with Crippen molar-refractivity contribution in [3.63, 3.8) is 0 Å². The molecule has 2 heterocycles. The molecule has 34 heavy (non-hydrogen) atoms. The van der Waals surface area contributed by atoms with E-state index in [1.165, 1.54) is 12.1 Å². The van der Waals surface area contributed by atoms with Crippen LogP contribution in [0.5, 0.6) is 0 Å². The van der Waals surface area contributed by atoms with Crippen molar-refractivity contribution in [1.29, 1.82) is 0 Å². The summed E-state index contributed by atoms with van der Waals surface area (Å²) < 4.78 is 28.1. The summed E-state index contributed by atoms with van der Waals surface area (Å²) in [5, 5.41) is 2.58. The number of fused-ring (bicyclic) bond motifs is 2. The number of hydrogen-bond donors (Lipinski definition) is 2. The predicted octanol–water partition coefficient (Wildman–Crippen LogP) is 1.62. The highest BCUT2D eigenvalue weighted by atomic mass is 32.2. The van der Waals surface area contributed by atoms with Gasteiger partial charge in [0.25, 0.3) is 5.91 Å². The zero-order valence-corrected chi connectivity index (χ0v) is 20.2. The van der Waals surface area contributed by atoms with E-state index in [1.54, 1.807) is 38.2 Å². The van der Waals surface area contributed by atoms with Crippen LogP contribution < -0.4 is 10.0 Å². The Bertz CT molecular complexity index is 1140. The Morgan fingerprint density at radius 3 is 2.59 bits per heavy atom. The average molecular weight is 487 g/mol. The lowest BCUT2D eigenvalue weighted by Gasteiger charge is -2.23. The molecular weight excluding hydrogens is 456 g/mol. The van der Waals surface area contributed by atoms with Crippen LogP contribution in [0.1, 0.15) is 44.6 Å². The van der Waals surface area contributed by atoms with Crippen LogP contribution in [0.25, 0.3) is 0 Å². The molecule has 0 radical (unpaired) electrons. The summed E-state index contributed by atoms with van der Waals surface area (Å²) in [6, 6.07) is 8.59. The first-order valence-electron chi connectivity index (χ1n) is 11.4. The maximum atomic E-state index is 13.2. The molecule has 2 unspecified atom stereocenters. The van der Waals surface area contributed by atoms with E-state index in [-0.39, 0.29) is 23.8 Å². The van der Waals surface area contributed by atoms with Crippen molar-refractivity contribution in [2.24, 2.45) is 11.8 Å². The number of aryl methyl sites for hydroxylation is 1. The lowest BCUT2D eigenvalue weighted by atomic mass is 9.87. The van der Waals surface area contributed by atoms with Gasteiger partial charge in [0.2, 0.25) is 15.8 Å². The number of nitrogens with zero attached hydrogens (tertiary/aromatic N) is 2. The smallest absolute Gasteiger partial charge is 0.287 e. The maximum Gasteiger partial charge on any atom is 0.287 e. The van der Waals surface area contributed by atoms with Gasteiger partial charge in [-0.25, -0.2) is 23.1 Å². The molecule has 10 heteroatoms. The minimum atomic E-state index is -3.93. The fraction of sp³-hybridized carbons (Fsp3) is 0.458. The summed E-state index contributed by atoms with van der Waals surface area (Å²) in [7, 11) is -3.93. The van der Waals surface area contributed by atoms with E-state index in [9.17, 15) is 22.8 Å². The number of sulfonamides is 1. The summed E-state index contributed by atoms with van der Waals surface area (Å²) in [5.74, 6) is -2.41. The molecule has 1 aromatic heterocycles. The van der Waals surface area contributed by atoms with Crippen molar-refractivity contribution in [1.82, 2.24) is 20.0 Å². The van der Waals surface area contributed by atoms with Gasteiger partial charge in [0.1, 0.15) is 5.82 Å². The van der Waals surface area contributed by atoms with Gasteiger partial charge in [-0.1, -0.05) is 32.0 Å². The number of hydrogen-bond acceptors (Lipinski definition) is 7. The van der Waals surface area contributed by atoms with E-state index in [0.29, 0.717) is 31.5 Å². The Labute approximate surface area is 199 Å². The van der Waals surface area contributed by atoms with Gasteiger partial charge in [-0.05, 0) is 43.4 Å². The monoisotopic (exact) mass is 486 g/mol. The van der Waals surface area contributed by atoms with Crippen LogP contribution in [-0.2, 0) is 37.2 Å². The molecule has 2 atom stereocenters. The number of carbonyl (C=O) groups is 3. The zero-order valence-electron chi connectivity index (χ0n) is 19.4. The van der Waals surface area contributed by atoms with Crippen molar-refractivity contribution in [2.45, 2.75) is 56.9 Å². The van der Waals surface area contributed by atoms with Crippen LogP contribution >= 0.6 is 0 Å². The summed E-state index contributed by atoms with van der Waals surface area (Å²) in [5.41, 5.74) is 0.838. The summed E-state index contributed by atoms with van der Waals surface area (Å²) >= 11 is 0. The van der Waals surface area contributed by atoms with E-state index < -0.39 is 39.5 Å².